The molecule has 0 unspecified atom stereocenters. The van der Waals surface area contributed by atoms with E-state index in [2.05, 4.69) is 20.5 Å². The first-order valence-corrected chi connectivity index (χ1v) is 8.24. The maximum Gasteiger partial charge on any atom is 0.231 e. The Hall–Kier alpha value is -3.88. The Labute approximate surface area is 153 Å². The smallest absolute Gasteiger partial charge is 0.231 e. The van der Waals surface area contributed by atoms with Crippen molar-refractivity contribution in [1.82, 2.24) is 24.5 Å². The van der Waals surface area contributed by atoms with E-state index in [0.29, 0.717) is 12.3 Å². The predicted molar refractivity (Wildman–Crippen MR) is 95.7 cm³/mol. The van der Waals surface area contributed by atoms with Crippen molar-refractivity contribution >= 4 is 17.2 Å². The quantitative estimate of drug-likeness (QED) is 0.339. The topological polar surface area (TPSA) is 99.6 Å². The fourth-order valence-electron chi connectivity index (χ4n) is 3.13. The van der Waals surface area contributed by atoms with Crippen molar-refractivity contribution < 1.29 is 14.7 Å². The minimum atomic E-state index is 0.231. The van der Waals surface area contributed by atoms with Crippen LogP contribution in [0.25, 0.3) is 16.7 Å². The van der Waals surface area contributed by atoms with Crippen molar-refractivity contribution in [3.8, 4) is 17.2 Å². The normalized spacial score (nSPS) is 13.0. The summed E-state index contributed by atoms with van der Waals surface area (Å²) in [7, 11) is 0. The molecule has 4 heterocycles. The van der Waals surface area contributed by atoms with E-state index in [1.807, 2.05) is 47.3 Å². The molecule has 0 bridgehead atoms. The molecule has 0 amide bonds. The van der Waals surface area contributed by atoms with Crippen LogP contribution in [0.2, 0.25) is 0 Å². The molecular weight excluding hydrogens is 348 g/mol. The summed E-state index contributed by atoms with van der Waals surface area (Å²) < 4.78 is 14.4. The zero-order valence-electron chi connectivity index (χ0n) is 14.1. The number of rotatable bonds is 4. The molecule has 1 aromatic carbocycles. The molecule has 134 valence electrons. The fraction of sp³-hybridized carbons (Fsp3) is 0.111. The Bertz CT molecular complexity index is 1160. The number of fused-ring (bicyclic) bond motifs is 2. The van der Waals surface area contributed by atoms with Crippen LogP contribution in [0, 0.1) is 0 Å². The van der Waals surface area contributed by atoms with Gasteiger partial charge in [0.1, 0.15) is 11.3 Å². The summed E-state index contributed by atoms with van der Waals surface area (Å²) >= 11 is 0. The first-order chi connectivity index (χ1) is 13.3. The van der Waals surface area contributed by atoms with Gasteiger partial charge in [0.2, 0.25) is 6.79 Å². The van der Waals surface area contributed by atoms with Gasteiger partial charge >= 0.3 is 0 Å². The van der Waals surface area contributed by atoms with E-state index in [1.54, 1.807) is 10.9 Å². The molecule has 27 heavy (non-hydrogen) atoms. The molecule has 0 atom stereocenters. The lowest BCUT2D eigenvalue weighted by atomic mass is 10.2. The van der Waals surface area contributed by atoms with Crippen LogP contribution in [0.15, 0.2) is 54.1 Å². The number of hydrogen-bond acceptors (Lipinski definition) is 7. The number of nitrogens with zero attached hydrogens (tertiary/aromatic N) is 6. The summed E-state index contributed by atoms with van der Waals surface area (Å²) in [5.41, 5.74) is 3.16. The highest BCUT2D eigenvalue weighted by Crippen LogP contribution is 2.33. The third-order valence-corrected chi connectivity index (χ3v) is 4.36. The number of hydrogen-bond donors (Lipinski definition) is 1. The van der Waals surface area contributed by atoms with Gasteiger partial charge in [-0.3, -0.25) is 0 Å². The van der Waals surface area contributed by atoms with Crippen LogP contribution in [0.3, 0.4) is 0 Å². The molecule has 5 rings (SSSR count). The second-order valence-electron chi connectivity index (χ2n) is 6.02. The van der Waals surface area contributed by atoms with E-state index in [-0.39, 0.29) is 6.79 Å². The highest BCUT2D eigenvalue weighted by atomic mass is 16.7. The monoisotopic (exact) mass is 362 g/mol. The van der Waals surface area contributed by atoms with Gasteiger partial charge in [0, 0.05) is 29.4 Å². The standard InChI is InChI=1S/C18H14N6O3/c25-20-7-12-8-23(18-15(12)2-1-5-19-18)9-13-10-24(22-21-13)14-3-4-16-17(6-14)27-11-26-16/h1-8,10,25H,9,11H2/b20-7+. The van der Waals surface area contributed by atoms with E-state index in [4.69, 9.17) is 14.7 Å². The summed E-state index contributed by atoms with van der Waals surface area (Å²) in [4.78, 5) is 4.42. The maximum absolute atomic E-state index is 8.87. The van der Waals surface area contributed by atoms with Crippen LogP contribution in [0.5, 0.6) is 11.5 Å². The third kappa shape index (κ3) is 2.65. The molecule has 0 saturated heterocycles. The number of pyridine rings is 1. The number of benzene rings is 1. The molecule has 0 aliphatic carbocycles. The summed E-state index contributed by atoms with van der Waals surface area (Å²) in [6, 6.07) is 9.39. The lowest BCUT2D eigenvalue weighted by Gasteiger charge is -2.02. The number of aromatic nitrogens is 5. The van der Waals surface area contributed by atoms with E-state index < -0.39 is 0 Å². The van der Waals surface area contributed by atoms with Gasteiger partial charge in [0.15, 0.2) is 11.5 Å². The molecule has 9 heteroatoms. The largest absolute Gasteiger partial charge is 0.454 e. The average molecular weight is 362 g/mol. The average Bonchev–Trinajstić information content (AvgIpc) is 3.42. The van der Waals surface area contributed by atoms with Crippen molar-refractivity contribution in [2.75, 3.05) is 6.79 Å². The van der Waals surface area contributed by atoms with Crippen molar-refractivity contribution in [3.05, 3.63) is 60.2 Å². The lowest BCUT2D eigenvalue weighted by Crippen LogP contribution is -1.99. The van der Waals surface area contributed by atoms with E-state index >= 15 is 0 Å². The summed E-state index contributed by atoms with van der Waals surface area (Å²) in [5, 5.41) is 21.4. The van der Waals surface area contributed by atoms with Crippen LogP contribution >= 0.6 is 0 Å². The van der Waals surface area contributed by atoms with Crippen LogP contribution in [0.1, 0.15) is 11.3 Å². The first kappa shape index (κ1) is 15.4. The van der Waals surface area contributed by atoms with Crippen molar-refractivity contribution in [3.63, 3.8) is 0 Å². The molecule has 9 nitrogen and oxygen atoms in total. The molecule has 0 spiro atoms. The van der Waals surface area contributed by atoms with Gasteiger partial charge in [0.25, 0.3) is 0 Å². The SMILES string of the molecule is O/N=C/c1cn(Cc2cn(-c3ccc4c(c3)OCO4)nn2)c2ncccc12. The Morgan fingerprint density at radius 3 is 3.04 bits per heavy atom. The van der Waals surface area contributed by atoms with E-state index in [1.165, 1.54) is 6.21 Å². The first-order valence-electron chi connectivity index (χ1n) is 8.24. The molecule has 3 aromatic heterocycles. The van der Waals surface area contributed by atoms with Gasteiger partial charge in [-0.05, 0) is 24.3 Å². The highest BCUT2D eigenvalue weighted by molar-refractivity contribution is 5.97. The van der Waals surface area contributed by atoms with Crippen LogP contribution in [-0.2, 0) is 6.54 Å². The predicted octanol–water partition coefficient (Wildman–Crippen LogP) is 2.20. The summed E-state index contributed by atoms with van der Waals surface area (Å²) in [5.74, 6) is 1.42. The molecule has 1 aliphatic rings. The third-order valence-electron chi connectivity index (χ3n) is 4.36. The molecule has 0 radical (unpaired) electrons. The Balaban J connectivity index is 1.47. The minimum Gasteiger partial charge on any atom is -0.454 e. The summed E-state index contributed by atoms with van der Waals surface area (Å²) in [6.45, 7) is 0.714. The van der Waals surface area contributed by atoms with Crippen LogP contribution < -0.4 is 9.47 Å². The van der Waals surface area contributed by atoms with Gasteiger partial charge < -0.3 is 19.2 Å². The maximum atomic E-state index is 8.87. The van der Waals surface area contributed by atoms with Crippen molar-refractivity contribution in [2.24, 2.45) is 5.16 Å². The lowest BCUT2D eigenvalue weighted by molar-refractivity contribution is 0.174. The Morgan fingerprint density at radius 1 is 1.19 bits per heavy atom. The Kier molecular flexibility index (Phi) is 3.49. The highest BCUT2D eigenvalue weighted by Gasteiger charge is 2.15. The molecule has 0 saturated carbocycles. The van der Waals surface area contributed by atoms with Crippen LogP contribution in [0.4, 0.5) is 0 Å². The van der Waals surface area contributed by atoms with Gasteiger partial charge in [0.05, 0.1) is 24.6 Å². The van der Waals surface area contributed by atoms with E-state index in [9.17, 15) is 0 Å². The molecule has 4 aromatic rings. The molecule has 0 fully saturated rings. The second-order valence-corrected chi connectivity index (χ2v) is 6.02. The molecule has 1 aliphatic heterocycles. The second kappa shape index (κ2) is 6.13. The minimum absolute atomic E-state index is 0.231. The van der Waals surface area contributed by atoms with E-state index in [0.717, 1.165) is 33.7 Å². The van der Waals surface area contributed by atoms with Gasteiger partial charge in [-0.2, -0.15) is 0 Å². The van der Waals surface area contributed by atoms with Gasteiger partial charge in [-0.15, -0.1) is 5.10 Å². The van der Waals surface area contributed by atoms with Crippen LogP contribution in [-0.4, -0.2) is 42.8 Å². The summed E-state index contributed by atoms with van der Waals surface area (Å²) in [6.07, 6.45) is 6.84. The zero-order chi connectivity index (χ0) is 18.2. The van der Waals surface area contributed by atoms with Gasteiger partial charge in [-0.1, -0.05) is 10.4 Å². The van der Waals surface area contributed by atoms with Crippen molar-refractivity contribution in [2.45, 2.75) is 6.54 Å². The van der Waals surface area contributed by atoms with Crippen molar-refractivity contribution in [1.29, 1.82) is 0 Å². The number of oxime groups is 1. The molecule has 1 N–H and O–H groups in total. The molecular formula is C18H14N6O3. The fourth-order valence-corrected chi connectivity index (χ4v) is 3.13. The zero-order valence-corrected chi connectivity index (χ0v) is 14.1. The Morgan fingerprint density at radius 2 is 2.11 bits per heavy atom. The van der Waals surface area contributed by atoms with Gasteiger partial charge in [-0.25, -0.2) is 9.67 Å². The number of ether oxygens (including phenoxy) is 2.